The number of hydrogen-bond donors (Lipinski definition) is 0. The Morgan fingerprint density at radius 3 is 1.34 bits per heavy atom. The van der Waals surface area contributed by atoms with Gasteiger partial charge < -0.3 is 0 Å². The number of rotatable bonds is 35. The predicted octanol–water partition coefficient (Wildman–Crippen LogP) is 15.9. The molecule has 0 saturated heterocycles. The lowest BCUT2D eigenvalue weighted by atomic mass is 9.70. The minimum absolute atomic E-state index is 0.00544. The standard InChI is InChI=1S/C51H85N2/c1-4-6-8-10-12-14-16-18-19-20-21-23-25-27-29-37-43-52-44-45-53(47-52)50(42-36-28-26-24-22-17-15-13-11-9-7-5-2)51(3,49-40-34-31-35-41-49)46-48-38-32-30-33-39-48/h30-35,38-41,44-45,47,50H,4-29,36-37,42-43,46H2,1-3H3/q+1. The minimum Gasteiger partial charge on any atom is -0.237 e. The monoisotopic (exact) mass is 726 g/mol. The van der Waals surface area contributed by atoms with Crippen LogP contribution in [0.15, 0.2) is 79.4 Å². The first-order chi connectivity index (χ1) is 26.2. The summed E-state index contributed by atoms with van der Waals surface area (Å²) in [5, 5.41) is 0. The highest BCUT2D eigenvalue weighted by molar-refractivity contribution is 5.30. The first-order valence-corrected chi connectivity index (χ1v) is 23.3. The van der Waals surface area contributed by atoms with E-state index in [9.17, 15) is 0 Å². The zero-order valence-corrected chi connectivity index (χ0v) is 35.4. The Kier molecular flexibility index (Phi) is 25.4. The van der Waals surface area contributed by atoms with Gasteiger partial charge in [0, 0.05) is 5.41 Å². The summed E-state index contributed by atoms with van der Waals surface area (Å²) in [6.45, 7) is 8.30. The predicted molar refractivity (Wildman–Crippen MR) is 233 cm³/mol. The van der Waals surface area contributed by atoms with Crippen molar-refractivity contribution in [2.24, 2.45) is 0 Å². The number of nitrogens with zero attached hydrogens (tertiary/aromatic N) is 2. The molecule has 0 aliphatic heterocycles. The zero-order chi connectivity index (χ0) is 37.5. The second kappa shape index (κ2) is 29.9. The molecule has 2 heteroatoms. The Hall–Kier alpha value is -2.35. The normalized spacial score (nSPS) is 13.3. The van der Waals surface area contributed by atoms with Gasteiger partial charge in [-0.15, -0.1) is 0 Å². The van der Waals surface area contributed by atoms with Crippen molar-refractivity contribution in [1.82, 2.24) is 4.57 Å². The molecular weight excluding hydrogens is 641 g/mol. The van der Waals surface area contributed by atoms with Gasteiger partial charge in [-0.05, 0) is 43.2 Å². The molecule has 0 aliphatic carbocycles. The van der Waals surface area contributed by atoms with Crippen LogP contribution in [0.3, 0.4) is 0 Å². The summed E-state index contributed by atoms with van der Waals surface area (Å²) < 4.78 is 5.08. The molecule has 3 rings (SSSR count). The number of imidazole rings is 1. The van der Waals surface area contributed by atoms with E-state index in [1.165, 1.54) is 197 Å². The number of unbranched alkanes of at least 4 members (excludes halogenated alkanes) is 26. The number of aryl methyl sites for hydroxylation is 1. The van der Waals surface area contributed by atoms with Crippen LogP contribution in [0.1, 0.15) is 224 Å². The van der Waals surface area contributed by atoms with Crippen LogP contribution < -0.4 is 4.57 Å². The number of benzene rings is 2. The van der Waals surface area contributed by atoms with E-state index in [-0.39, 0.29) is 5.41 Å². The second-order valence-corrected chi connectivity index (χ2v) is 17.0. The lowest BCUT2D eigenvalue weighted by Crippen LogP contribution is -2.38. The van der Waals surface area contributed by atoms with Crippen molar-refractivity contribution in [2.75, 3.05) is 0 Å². The summed E-state index contributed by atoms with van der Waals surface area (Å²) in [7, 11) is 0. The van der Waals surface area contributed by atoms with E-state index < -0.39 is 0 Å². The van der Waals surface area contributed by atoms with Gasteiger partial charge in [-0.3, -0.25) is 0 Å². The topological polar surface area (TPSA) is 8.81 Å². The molecule has 0 bridgehead atoms. The van der Waals surface area contributed by atoms with Crippen LogP contribution in [-0.2, 0) is 18.4 Å². The molecule has 298 valence electrons. The van der Waals surface area contributed by atoms with Gasteiger partial charge in [0.2, 0.25) is 6.33 Å². The molecule has 0 N–H and O–H groups in total. The first-order valence-electron chi connectivity index (χ1n) is 23.3. The molecular formula is C51H85N2+. The van der Waals surface area contributed by atoms with Crippen molar-refractivity contribution in [3.05, 3.63) is 90.5 Å². The Morgan fingerprint density at radius 2 is 0.887 bits per heavy atom. The van der Waals surface area contributed by atoms with Crippen LogP contribution in [0.25, 0.3) is 0 Å². The van der Waals surface area contributed by atoms with Crippen LogP contribution in [0.2, 0.25) is 0 Å². The van der Waals surface area contributed by atoms with E-state index in [1.807, 2.05) is 0 Å². The molecule has 3 aromatic rings. The molecule has 2 unspecified atom stereocenters. The van der Waals surface area contributed by atoms with Crippen LogP contribution in [-0.4, -0.2) is 4.57 Å². The van der Waals surface area contributed by atoms with Crippen LogP contribution in [0.5, 0.6) is 0 Å². The van der Waals surface area contributed by atoms with E-state index in [4.69, 9.17) is 0 Å². The first kappa shape index (κ1) is 45.0. The largest absolute Gasteiger partial charge is 0.244 e. The quantitative estimate of drug-likeness (QED) is 0.0422. The number of hydrogen-bond acceptors (Lipinski definition) is 0. The molecule has 1 heterocycles. The highest BCUT2D eigenvalue weighted by atomic mass is 15.1. The lowest BCUT2D eigenvalue weighted by molar-refractivity contribution is -0.697. The summed E-state index contributed by atoms with van der Waals surface area (Å²) in [6, 6.07) is 23.1. The summed E-state index contributed by atoms with van der Waals surface area (Å²) in [5.74, 6) is 0. The van der Waals surface area contributed by atoms with Crippen LogP contribution >= 0.6 is 0 Å². The Morgan fingerprint density at radius 1 is 0.491 bits per heavy atom. The fraction of sp³-hybridized carbons (Fsp3) is 0.706. The number of aromatic nitrogens is 2. The molecule has 0 saturated carbocycles. The van der Waals surface area contributed by atoms with E-state index in [1.54, 1.807) is 0 Å². The van der Waals surface area contributed by atoms with Gasteiger partial charge in [0.15, 0.2) is 0 Å². The molecule has 1 aromatic heterocycles. The highest BCUT2D eigenvalue weighted by Crippen LogP contribution is 2.41. The van der Waals surface area contributed by atoms with E-state index in [0.717, 1.165) is 13.0 Å². The molecule has 2 nitrogen and oxygen atoms in total. The maximum absolute atomic E-state index is 2.60. The van der Waals surface area contributed by atoms with Gasteiger partial charge in [-0.2, -0.15) is 0 Å². The van der Waals surface area contributed by atoms with Gasteiger partial charge in [0.1, 0.15) is 18.4 Å². The fourth-order valence-electron chi connectivity index (χ4n) is 8.80. The molecule has 53 heavy (non-hydrogen) atoms. The fourth-order valence-corrected chi connectivity index (χ4v) is 8.80. The lowest BCUT2D eigenvalue weighted by Gasteiger charge is -2.37. The van der Waals surface area contributed by atoms with E-state index >= 15 is 0 Å². The van der Waals surface area contributed by atoms with Crippen molar-refractivity contribution < 1.29 is 4.57 Å². The van der Waals surface area contributed by atoms with Gasteiger partial charge in [-0.1, -0.05) is 242 Å². The summed E-state index contributed by atoms with van der Waals surface area (Å²) in [5.41, 5.74) is 2.91. The smallest absolute Gasteiger partial charge is 0.237 e. The maximum Gasteiger partial charge on any atom is 0.244 e. The van der Waals surface area contributed by atoms with Crippen LogP contribution in [0, 0.1) is 0 Å². The summed E-state index contributed by atoms with van der Waals surface area (Å²) in [6.07, 6.45) is 49.1. The van der Waals surface area contributed by atoms with E-state index in [0.29, 0.717) is 6.04 Å². The molecule has 0 fully saturated rings. The van der Waals surface area contributed by atoms with Crippen LogP contribution in [0.4, 0.5) is 0 Å². The Balaban J connectivity index is 1.45. The molecule has 2 atom stereocenters. The third kappa shape index (κ3) is 19.7. The average molecular weight is 726 g/mol. The molecule has 0 amide bonds. The van der Waals surface area contributed by atoms with Crippen molar-refractivity contribution >= 4 is 0 Å². The maximum atomic E-state index is 2.60. The molecule has 0 spiro atoms. The van der Waals surface area contributed by atoms with Gasteiger partial charge >= 0.3 is 0 Å². The minimum atomic E-state index is 0.00544. The highest BCUT2D eigenvalue weighted by Gasteiger charge is 2.40. The van der Waals surface area contributed by atoms with Crippen molar-refractivity contribution in [3.8, 4) is 0 Å². The van der Waals surface area contributed by atoms with Gasteiger partial charge in [-0.25, -0.2) is 9.13 Å². The third-order valence-corrected chi connectivity index (χ3v) is 12.3. The summed E-state index contributed by atoms with van der Waals surface area (Å²) >= 11 is 0. The molecule has 0 aliphatic rings. The Bertz CT molecular complexity index is 1220. The average Bonchev–Trinajstić information content (AvgIpc) is 3.65. The third-order valence-electron chi connectivity index (χ3n) is 12.3. The Labute approximate surface area is 330 Å². The summed E-state index contributed by atoms with van der Waals surface area (Å²) in [4.78, 5) is 0. The van der Waals surface area contributed by atoms with Crippen molar-refractivity contribution in [2.45, 2.75) is 231 Å². The van der Waals surface area contributed by atoms with Crippen molar-refractivity contribution in [3.63, 3.8) is 0 Å². The molecule has 0 radical (unpaired) electrons. The van der Waals surface area contributed by atoms with Gasteiger partial charge in [0.05, 0.1) is 6.54 Å². The molecule has 2 aromatic carbocycles. The van der Waals surface area contributed by atoms with E-state index in [2.05, 4.69) is 109 Å². The van der Waals surface area contributed by atoms with Crippen molar-refractivity contribution in [1.29, 1.82) is 0 Å². The van der Waals surface area contributed by atoms with Gasteiger partial charge in [0.25, 0.3) is 0 Å². The zero-order valence-electron chi connectivity index (χ0n) is 35.4. The SMILES string of the molecule is CCCCCCCCCCCCCCCCCC[n+]1ccn(C(CCCCCCCCCCCCCC)C(C)(Cc2ccccc2)c2ccccc2)c1. The second-order valence-electron chi connectivity index (χ2n) is 17.0.